The molecule has 0 amide bonds. The SMILES string of the molecule is COc1ccc(I)cc1C(=O)c1sccc1OC. The number of ketones is 1. The van der Waals surface area contributed by atoms with Crippen LogP contribution in [0.4, 0.5) is 0 Å². The smallest absolute Gasteiger partial charge is 0.210 e. The first kappa shape index (κ1) is 13.4. The van der Waals surface area contributed by atoms with Gasteiger partial charge in [0.25, 0.3) is 0 Å². The topological polar surface area (TPSA) is 35.5 Å². The molecule has 0 saturated carbocycles. The van der Waals surface area contributed by atoms with Gasteiger partial charge in [-0.2, -0.15) is 0 Å². The molecule has 0 aliphatic carbocycles. The maximum Gasteiger partial charge on any atom is 0.210 e. The molecule has 0 aliphatic heterocycles. The van der Waals surface area contributed by atoms with Gasteiger partial charge >= 0.3 is 0 Å². The first-order valence-electron chi connectivity index (χ1n) is 5.17. The molecule has 0 aliphatic rings. The monoisotopic (exact) mass is 374 g/mol. The average molecular weight is 374 g/mol. The zero-order chi connectivity index (χ0) is 13.1. The highest BCUT2D eigenvalue weighted by molar-refractivity contribution is 14.1. The van der Waals surface area contributed by atoms with Crippen LogP contribution in [0.15, 0.2) is 29.6 Å². The fourth-order valence-electron chi connectivity index (χ4n) is 1.60. The lowest BCUT2D eigenvalue weighted by Gasteiger charge is -2.08. The van der Waals surface area contributed by atoms with Crippen LogP contribution in [0.3, 0.4) is 0 Å². The van der Waals surface area contributed by atoms with Crippen molar-refractivity contribution in [3.8, 4) is 11.5 Å². The van der Waals surface area contributed by atoms with Gasteiger partial charge in [-0.3, -0.25) is 4.79 Å². The molecule has 1 aromatic carbocycles. The number of benzene rings is 1. The van der Waals surface area contributed by atoms with Crippen molar-refractivity contribution in [2.75, 3.05) is 14.2 Å². The second-order valence-corrected chi connectivity index (χ2v) is 5.65. The van der Waals surface area contributed by atoms with Crippen molar-refractivity contribution in [1.82, 2.24) is 0 Å². The quantitative estimate of drug-likeness (QED) is 0.606. The van der Waals surface area contributed by atoms with E-state index in [1.165, 1.54) is 11.3 Å². The molecule has 0 radical (unpaired) electrons. The summed E-state index contributed by atoms with van der Waals surface area (Å²) >= 11 is 3.54. The lowest BCUT2D eigenvalue weighted by Crippen LogP contribution is -2.04. The van der Waals surface area contributed by atoms with E-state index in [4.69, 9.17) is 9.47 Å². The van der Waals surface area contributed by atoms with Crippen molar-refractivity contribution in [3.63, 3.8) is 0 Å². The summed E-state index contributed by atoms with van der Waals surface area (Å²) in [6.45, 7) is 0. The molecule has 2 rings (SSSR count). The summed E-state index contributed by atoms with van der Waals surface area (Å²) in [5, 5.41) is 1.84. The van der Waals surface area contributed by atoms with Gasteiger partial charge in [0.1, 0.15) is 16.4 Å². The van der Waals surface area contributed by atoms with Crippen molar-refractivity contribution in [1.29, 1.82) is 0 Å². The highest BCUT2D eigenvalue weighted by Gasteiger charge is 2.19. The summed E-state index contributed by atoms with van der Waals surface area (Å²) in [6, 6.07) is 7.32. The predicted molar refractivity (Wildman–Crippen MR) is 80.0 cm³/mol. The molecular formula is C13H11IO3S. The van der Waals surface area contributed by atoms with Crippen LogP contribution in [0.5, 0.6) is 11.5 Å². The van der Waals surface area contributed by atoms with Gasteiger partial charge in [-0.25, -0.2) is 0 Å². The van der Waals surface area contributed by atoms with E-state index in [0.29, 0.717) is 21.9 Å². The Labute approximate surface area is 123 Å². The molecule has 94 valence electrons. The second kappa shape index (κ2) is 5.71. The van der Waals surface area contributed by atoms with Gasteiger partial charge in [0.15, 0.2) is 0 Å². The number of methoxy groups -OCH3 is 2. The van der Waals surface area contributed by atoms with Gasteiger partial charge < -0.3 is 9.47 Å². The Hall–Kier alpha value is -1.08. The summed E-state index contributed by atoms with van der Waals surface area (Å²) in [5.41, 5.74) is 0.560. The fraction of sp³-hybridized carbons (Fsp3) is 0.154. The van der Waals surface area contributed by atoms with E-state index in [1.54, 1.807) is 26.4 Å². The van der Waals surface area contributed by atoms with E-state index in [-0.39, 0.29) is 5.78 Å². The number of hydrogen-bond acceptors (Lipinski definition) is 4. The highest BCUT2D eigenvalue weighted by atomic mass is 127. The maximum absolute atomic E-state index is 12.5. The largest absolute Gasteiger partial charge is 0.496 e. The van der Waals surface area contributed by atoms with E-state index in [9.17, 15) is 4.79 Å². The molecule has 2 aromatic rings. The molecule has 1 aromatic heterocycles. The van der Waals surface area contributed by atoms with Crippen molar-refractivity contribution in [3.05, 3.63) is 43.7 Å². The minimum absolute atomic E-state index is 0.0720. The van der Waals surface area contributed by atoms with Crippen LogP contribution in [0.2, 0.25) is 0 Å². The summed E-state index contributed by atoms with van der Waals surface area (Å²) in [5.74, 6) is 1.11. The van der Waals surface area contributed by atoms with Crippen LogP contribution in [0, 0.1) is 3.57 Å². The number of halogens is 1. The van der Waals surface area contributed by atoms with Gasteiger partial charge in [0.05, 0.1) is 19.8 Å². The summed E-state index contributed by atoms with van der Waals surface area (Å²) in [7, 11) is 3.12. The first-order valence-corrected chi connectivity index (χ1v) is 7.13. The first-order chi connectivity index (χ1) is 8.67. The van der Waals surface area contributed by atoms with Crippen LogP contribution in [0.1, 0.15) is 15.2 Å². The molecule has 0 fully saturated rings. The van der Waals surface area contributed by atoms with E-state index >= 15 is 0 Å². The molecule has 0 spiro atoms. The second-order valence-electron chi connectivity index (χ2n) is 3.49. The zero-order valence-corrected chi connectivity index (χ0v) is 12.9. The lowest BCUT2D eigenvalue weighted by molar-refractivity contribution is 0.103. The molecule has 5 heteroatoms. The Bertz CT molecular complexity index is 577. The zero-order valence-electron chi connectivity index (χ0n) is 9.90. The third-order valence-electron chi connectivity index (χ3n) is 2.46. The fourth-order valence-corrected chi connectivity index (χ4v) is 2.91. The summed E-state index contributed by atoms with van der Waals surface area (Å²) in [6.07, 6.45) is 0. The Kier molecular flexibility index (Phi) is 4.23. The normalized spacial score (nSPS) is 10.2. The molecule has 1 heterocycles. The van der Waals surface area contributed by atoms with Crippen LogP contribution >= 0.6 is 33.9 Å². The molecule has 0 bridgehead atoms. The molecular weight excluding hydrogens is 363 g/mol. The van der Waals surface area contributed by atoms with Gasteiger partial charge in [-0.1, -0.05) is 0 Å². The van der Waals surface area contributed by atoms with Gasteiger partial charge in [0, 0.05) is 3.57 Å². The third-order valence-corrected chi connectivity index (χ3v) is 4.03. The summed E-state index contributed by atoms with van der Waals surface area (Å²) in [4.78, 5) is 13.1. The molecule has 0 unspecified atom stereocenters. The number of ether oxygens (including phenoxy) is 2. The van der Waals surface area contributed by atoms with Crippen molar-refractivity contribution >= 4 is 39.7 Å². The molecule has 0 N–H and O–H groups in total. The predicted octanol–water partition coefficient (Wildman–Crippen LogP) is 3.60. The number of carbonyl (C=O) groups excluding carboxylic acids is 1. The Morgan fingerprint density at radius 1 is 1.17 bits per heavy atom. The van der Waals surface area contributed by atoms with Crippen LogP contribution in [-0.2, 0) is 0 Å². The summed E-state index contributed by atoms with van der Waals surface area (Å²) < 4.78 is 11.4. The molecule has 0 saturated heterocycles. The Morgan fingerprint density at radius 3 is 2.56 bits per heavy atom. The van der Waals surface area contributed by atoms with Crippen LogP contribution < -0.4 is 9.47 Å². The van der Waals surface area contributed by atoms with Crippen molar-refractivity contribution in [2.45, 2.75) is 0 Å². The van der Waals surface area contributed by atoms with Gasteiger partial charge in [0.2, 0.25) is 5.78 Å². The van der Waals surface area contributed by atoms with Crippen molar-refractivity contribution in [2.24, 2.45) is 0 Å². The van der Waals surface area contributed by atoms with Crippen LogP contribution in [0.25, 0.3) is 0 Å². The minimum atomic E-state index is -0.0720. The molecule has 18 heavy (non-hydrogen) atoms. The van der Waals surface area contributed by atoms with Gasteiger partial charge in [-0.15, -0.1) is 11.3 Å². The Balaban J connectivity index is 2.48. The van der Waals surface area contributed by atoms with E-state index in [0.717, 1.165) is 3.57 Å². The number of carbonyl (C=O) groups is 1. The number of rotatable bonds is 4. The van der Waals surface area contributed by atoms with Crippen molar-refractivity contribution < 1.29 is 14.3 Å². The molecule has 3 nitrogen and oxygen atoms in total. The average Bonchev–Trinajstić information content (AvgIpc) is 2.86. The van der Waals surface area contributed by atoms with Crippen LogP contribution in [-0.4, -0.2) is 20.0 Å². The Morgan fingerprint density at radius 2 is 1.89 bits per heavy atom. The maximum atomic E-state index is 12.5. The highest BCUT2D eigenvalue weighted by Crippen LogP contribution is 2.31. The number of hydrogen-bond donors (Lipinski definition) is 0. The van der Waals surface area contributed by atoms with E-state index in [2.05, 4.69) is 22.6 Å². The standard InChI is InChI=1S/C13H11IO3S/c1-16-10-4-3-8(14)7-9(10)12(15)13-11(17-2)5-6-18-13/h3-7H,1-2H3. The third kappa shape index (κ3) is 2.51. The minimum Gasteiger partial charge on any atom is -0.496 e. The van der Waals surface area contributed by atoms with E-state index in [1.807, 2.05) is 17.5 Å². The number of thiophene rings is 1. The van der Waals surface area contributed by atoms with Gasteiger partial charge in [-0.05, 0) is 52.2 Å². The molecule has 0 atom stereocenters. The lowest BCUT2D eigenvalue weighted by atomic mass is 10.1. The van der Waals surface area contributed by atoms with E-state index < -0.39 is 0 Å².